The number of rotatable bonds is 3. The van der Waals surface area contributed by atoms with E-state index in [1.165, 1.54) is 32.1 Å². The Labute approximate surface area is 155 Å². The van der Waals surface area contributed by atoms with Crippen molar-refractivity contribution in [1.29, 1.82) is 0 Å². The van der Waals surface area contributed by atoms with Crippen molar-refractivity contribution in [3.8, 4) is 0 Å². The van der Waals surface area contributed by atoms with E-state index in [-0.39, 0.29) is 5.91 Å². The molecule has 5 nitrogen and oxygen atoms in total. The van der Waals surface area contributed by atoms with Crippen LogP contribution in [0, 0.1) is 0 Å². The van der Waals surface area contributed by atoms with Crippen LogP contribution in [0.25, 0.3) is 0 Å². The summed E-state index contributed by atoms with van der Waals surface area (Å²) in [6, 6.07) is 8.11. The first-order valence-electron chi connectivity index (χ1n) is 9.27. The van der Waals surface area contributed by atoms with Crippen molar-refractivity contribution in [2.24, 2.45) is 0 Å². The lowest BCUT2D eigenvalue weighted by Crippen LogP contribution is -2.47. The Hall–Kier alpha value is -1.66. The average molecular weight is 361 g/mol. The smallest absolute Gasteiger partial charge is 0.253 e. The molecule has 1 heterocycles. The van der Waals surface area contributed by atoms with Gasteiger partial charge in [-0.25, -0.2) is 0 Å². The number of likely N-dealkylation sites (N-methyl/N-ethyl adjacent to an activating group) is 1. The van der Waals surface area contributed by atoms with Crippen molar-refractivity contribution in [2.45, 2.75) is 38.1 Å². The van der Waals surface area contributed by atoms with Gasteiger partial charge in [0.25, 0.3) is 5.91 Å². The second-order valence-electron chi connectivity index (χ2n) is 7.11. The van der Waals surface area contributed by atoms with Gasteiger partial charge in [0.15, 0.2) is 5.11 Å². The van der Waals surface area contributed by atoms with Crippen LogP contribution in [0.1, 0.15) is 42.5 Å². The van der Waals surface area contributed by atoms with Crippen LogP contribution in [-0.4, -0.2) is 60.1 Å². The highest BCUT2D eigenvalue weighted by Crippen LogP contribution is 2.18. The molecule has 1 aromatic rings. The van der Waals surface area contributed by atoms with Gasteiger partial charge in [-0.3, -0.25) is 4.79 Å². The average Bonchev–Trinajstić information content (AvgIpc) is 2.63. The van der Waals surface area contributed by atoms with Gasteiger partial charge in [0, 0.05) is 43.5 Å². The molecule has 1 saturated heterocycles. The monoisotopic (exact) mass is 360 g/mol. The first kappa shape index (κ1) is 18.1. The standard InChI is InChI=1S/C19H28N4OS/c1-22-11-13-23(14-12-22)18(24)15-7-9-17(10-8-15)21-19(25)20-16-5-3-2-4-6-16/h7-10,16H,2-6,11-14H2,1H3,(H2,20,21,25). The summed E-state index contributed by atoms with van der Waals surface area (Å²) < 4.78 is 0. The van der Waals surface area contributed by atoms with Gasteiger partial charge in [-0.15, -0.1) is 0 Å². The third kappa shape index (κ3) is 5.16. The quantitative estimate of drug-likeness (QED) is 0.812. The van der Waals surface area contributed by atoms with Crippen molar-refractivity contribution in [3.05, 3.63) is 29.8 Å². The Kier molecular flexibility index (Phi) is 6.26. The molecular weight excluding hydrogens is 332 g/mol. The summed E-state index contributed by atoms with van der Waals surface area (Å²) in [7, 11) is 2.09. The molecule has 2 N–H and O–H groups in total. The van der Waals surface area contributed by atoms with Crippen LogP contribution in [-0.2, 0) is 0 Å². The number of carbonyl (C=O) groups excluding carboxylic acids is 1. The minimum atomic E-state index is 0.113. The Morgan fingerprint density at radius 1 is 1.04 bits per heavy atom. The van der Waals surface area contributed by atoms with Gasteiger partial charge in [-0.05, 0) is 56.4 Å². The van der Waals surface area contributed by atoms with Crippen LogP contribution in [0.15, 0.2) is 24.3 Å². The maximum Gasteiger partial charge on any atom is 0.253 e. The maximum atomic E-state index is 12.6. The van der Waals surface area contributed by atoms with Gasteiger partial charge in [0.05, 0.1) is 0 Å². The Bertz CT molecular complexity index is 590. The minimum Gasteiger partial charge on any atom is -0.360 e. The molecule has 0 aromatic heterocycles. The van der Waals surface area contributed by atoms with Crippen molar-refractivity contribution in [2.75, 3.05) is 38.5 Å². The van der Waals surface area contributed by atoms with Crippen molar-refractivity contribution in [3.63, 3.8) is 0 Å². The lowest BCUT2D eigenvalue weighted by Gasteiger charge is -2.32. The number of hydrogen-bond donors (Lipinski definition) is 2. The molecule has 2 fully saturated rings. The van der Waals surface area contributed by atoms with Gasteiger partial charge in [-0.2, -0.15) is 0 Å². The fraction of sp³-hybridized carbons (Fsp3) is 0.579. The van der Waals surface area contributed by atoms with E-state index in [0.717, 1.165) is 37.4 Å². The summed E-state index contributed by atoms with van der Waals surface area (Å²) in [5.41, 5.74) is 1.66. The SMILES string of the molecule is CN1CCN(C(=O)c2ccc(NC(=S)NC3CCCCC3)cc2)CC1. The second kappa shape index (κ2) is 8.63. The first-order chi connectivity index (χ1) is 12.1. The zero-order valence-electron chi connectivity index (χ0n) is 15.0. The number of piperazine rings is 1. The summed E-state index contributed by atoms with van der Waals surface area (Å²) in [5.74, 6) is 0.113. The molecule has 0 radical (unpaired) electrons. The van der Waals surface area contributed by atoms with E-state index in [2.05, 4.69) is 22.6 Å². The molecule has 136 valence electrons. The van der Waals surface area contributed by atoms with Crippen LogP contribution < -0.4 is 10.6 Å². The zero-order valence-corrected chi connectivity index (χ0v) is 15.8. The van der Waals surface area contributed by atoms with Crippen LogP contribution in [0.4, 0.5) is 5.69 Å². The van der Waals surface area contributed by atoms with E-state index in [1.807, 2.05) is 29.2 Å². The lowest BCUT2D eigenvalue weighted by molar-refractivity contribution is 0.0664. The van der Waals surface area contributed by atoms with E-state index < -0.39 is 0 Å². The van der Waals surface area contributed by atoms with Gasteiger partial charge in [-0.1, -0.05) is 19.3 Å². The molecule has 0 bridgehead atoms. The van der Waals surface area contributed by atoms with Crippen LogP contribution >= 0.6 is 12.2 Å². The van der Waals surface area contributed by atoms with E-state index in [9.17, 15) is 4.79 Å². The Morgan fingerprint density at radius 2 is 1.68 bits per heavy atom. The highest BCUT2D eigenvalue weighted by atomic mass is 32.1. The number of benzene rings is 1. The molecule has 1 amide bonds. The molecule has 3 rings (SSSR count). The number of nitrogens with zero attached hydrogens (tertiary/aromatic N) is 2. The molecule has 0 unspecified atom stereocenters. The normalized spacial score (nSPS) is 19.5. The third-order valence-corrected chi connectivity index (χ3v) is 5.34. The third-order valence-electron chi connectivity index (χ3n) is 5.12. The number of anilines is 1. The van der Waals surface area contributed by atoms with E-state index in [4.69, 9.17) is 12.2 Å². The Morgan fingerprint density at radius 3 is 2.32 bits per heavy atom. The van der Waals surface area contributed by atoms with Crippen LogP contribution in [0.3, 0.4) is 0 Å². The first-order valence-corrected chi connectivity index (χ1v) is 9.68. The number of amides is 1. The number of carbonyl (C=O) groups is 1. The topological polar surface area (TPSA) is 47.6 Å². The summed E-state index contributed by atoms with van der Waals surface area (Å²) in [4.78, 5) is 16.7. The molecule has 1 saturated carbocycles. The fourth-order valence-electron chi connectivity index (χ4n) is 3.49. The van der Waals surface area contributed by atoms with Gasteiger partial charge < -0.3 is 20.4 Å². The van der Waals surface area contributed by atoms with Crippen LogP contribution in [0.5, 0.6) is 0 Å². The number of thiocarbonyl (C=S) groups is 1. The van der Waals surface area contributed by atoms with Gasteiger partial charge >= 0.3 is 0 Å². The maximum absolute atomic E-state index is 12.6. The highest BCUT2D eigenvalue weighted by Gasteiger charge is 2.20. The van der Waals surface area contributed by atoms with Crippen molar-refractivity contribution >= 4 is 28.9 Å². The summed E-state index contributed by atoms with van der Waals surface area (Å²) in [5, 5.41) is 7.30. The molecule has 1 aromatic carbocycles. The van der Waals surface area contributed by atoms with Gasteiger partial charge in [0.2, 0.25) is 0 Å². The summed E-state index contributed by atoms with van der Waals surface area (Å²) in [6.07, 6.45) is 6.29. The molecule has 2 aliphatic rings. The molecule has 25 heavy (non-hydrogen) atoms. The molecule has 0 spiro atoms. The minimum absolute atomic E-state index is 0.113. The molecule has 6 heteroatoms. The van der Waals surface area contributed by atoms with E-state index in [1.54, 1.807) is 0 Å². The predicted molar refractivity (Wildman–Crippen MR) is 106 cm³/mol. The molecule has 1 aliphatic heterocycles. The predicted octanol–water partition coefficient (Wildman–Crippen LogP) is 2.69. The van der Waals surface area contributed by atoms with Crippen molar-refractivity contribution in [1.82, 2.24) is 15.1 Å². The molecule has 1 aliphatic carbocycles. The highest BCUT2D eigenvalue weighted by molar-refractivity contribution is 7.80. The van der Waals surface area contributed by atoms with Crippen LogP contribution in [0.2, 0.25) is 0 Å². The molecule has 0 atom stereocenters. The summed E-state index contributed by atoms with van der Waals surface area (Å²) in [6.45, 7) is 3.47. The Balaban J connectivity index is 1.51. The zero-order chi connectivity index (χ0) is 17.6. The van der Waals surface area contributed by atoms with E-state index >= 15 is 0 Å². The second-order valence-corrected chi connectivity index (χ2v) is 7.51. The number of nitrogens with one attached hydrogen (secondary N) is 2. The van der Waals surface area contributed by atoms with Gasteiger partial charge in [0.1, 0.15) is 0 Å². The number of hydrogen-bond acceptors (Lipinski definition) is 3. The van der Waals surface area contributed by atoms with E-state index in [0.29, 0.717) is 11.2 Å². The van der Waals surface area contributed by atoms with Crippen molar-refractivity contribution < 1.29 is 4.79 Å². The largest absolute Gasteiger partial charge is 0.360 e. The summed E-state index contributed by atoms with van der Waals surface area (Å²) >= 11 is 5.41. The fourth-order valence-corrected chi connectivity index (χ4v) is 3.77. The lowest BCUT2D eigenvalue weighted by atomic mass is 9.96. The molecular formula is C19H28N4OS.